The van der Waals surface area contributed by atoms with Crippen molar-refractivity contribution in [2.45, 2.75) is 52.0 Å². The Hall–Kier alpha value is -0.580. The zero-order chi connectivity index (χ0) is 15.2. The van der Waals surface area contributed by atoms with Crippen molar-refractivity contribution in [2.24, 2.45) is 29.6 Å². The maximum Gasteiger partial charge on any atom is 0.235 e. The van der Waals surface area contributed by atoms with Crippen LogP contribution in [0.3, 0.4) is 0 Å². The third kappa shape index (κ3) is 3.13. The second-order valence-corrected chi connectivity index (χ2v) is 9.89. The molecule has 0 aliphatic heterocycles. The Balaban J connectivity index is 1.55. The number of sulfone groups is 1. The molecule has 21 heavy (non-hydrogen) atoms. The minimum absolute atomic E-state index is 0.0736. The molecule has 5 heteroatoms. The summed E-state index contributed by atoms with van der Waals surface area (Å²) in [6.45, 7) is 3.73. The van der Waals surface area contributed by atoms with Crippen LogP contribution >= 0.6 is 0 Å². The maximum absolute atomic E-state index is 12.1. The molecule has 0 aromatic carbocycles. The summed E-state index contributed by atoms with van der Waals surface area (Å²) in [7, 11) is -3.26. The Bertz CT molecular complexity index is 514. The molecule has 3 fully saturated rings. The lowest BCUT2D eigenvalue weighted by Crippen LogP contribution is -2.44. The molecule has 4 nitrogen and oxygen atoms in total. The molecule has 5 atom stereocenters. The number of carbonyl (C=O) groups is 1. The van der Waals surface area contributed by atoms with Crippen LogP contribution < -0.4 is 5.32 Å². The fourth-order valence-electron chi connectivity index (χ4n) is 5.25. The maximum atomic E-state index is 12.1. The Kier molecular flexibility index (Phi) is 4.06. The highest BCUT2D eigenvalue weighted by Gasteiger charge is 2.54. The van der Waals surface area contributed by atoms with Crippen LogP contribution in [-0.2, 0) is 14.6 Å². The molecule has 0 aromatic rings. The minimum atomic E-state index is -3.26. The molecule has 1 amide bonds. The molecule has 2 bridgehead atoms. The van der Waals surface area contributed by atoms with Gasteiger partial charge in [0, 0.05) is 6.04 Å². The lowest BCUT2D eigenvalue weighted by Gasteiger charge is -2.32. The van der Waals surface area contributed by atoms with Gasteiger partial charge in [0.2, 0.25) is 5.91 Å². The van der Waals surface area contributed by atoms with Gasteiger partial charge in [0.25, 0.3) is 0 Å². The molecule has 1 N–H and O–H groups in total. The van der Waals surface area contributed by atoms with E-state index in [9.17, 15) is 13.2 Å². The SMILES string of the molecule is CC(C)CS(=O)(=O)CC(=O)N[C@@H]1C[C@H]2C[C@H]1[C@@H]1CCC[C@H]21. The zero-order valence-corrected chi connectivity index (χ0v) is 13.9. The molecule has 3 rings (SSSR count). The number of hydrogen-bond donors (Lipinski definition) is 1. The summed E-state index contributed by atoms with van der Waals surface area (Å²) in [5.41, 5.74) is 0. The average Bonchev–Trinajstić information content (AvgIpc) is 2.94. The topological polar surface area (TPSA) is 63.2 Å². The number of carbonyl (C=O) groups excluding carboxylic acids is 1. The number of rotatable bonds is 5. The zero-order valence-electron chi connectivity index (χ0n) is 13.0. The first-order chi connectivity index (χ1) is 9.85. The van der Waals surface area contributed by atoms with Crippen LogP contribution in [0.2, 0.25) is 0 Å². The van der Waals surface area contributed by atoms with Crippen molar-refractivity contribution in [3.63, 3.8) is 0 Å². The predicted molar refractivity (Wildman–Crippen MR) is 82.5 cm³/mol. The van der Waals surface area contributed by atoms with Gasteiger partial charge in [-0.25, -0.2) is 8.42 Å². The van der Waals surface area contributed by atoms with Gasteiger partial charge in [-0.05, 0) is 55.3 Å². The molecule has 0 heterocycles. The summed E-state index contributed by atoms with van der Waals surface area (Å²) in [6.07, 6.45) is 6.34. The van der Waals surface area contributed by atoms with E-state index in [1.807, 2.05) is 13.8 Å². The van der Waals surface area contributed by atoms with E-state index in [0.29, 0.717) is 5.92 Å². The molecule has 0 saturated heterocycles. The van der Waals surface area contributed by atoms with Crippen molar-refractivity contribution in [1.82, 2.24) is 5.32 Å². The van der Waals surface area contributed by atoms with Crippen LogP contribution in [0.25, 0.3) is 0 Å². The molecule has 3 aliphatic carbocycles. The van der Waals surface area contributed by atoms with Crippen molar-refractivity contribution in [1.29, 1.82) is 0 Å². The molecular formula is C16H27NO3S. The van der Waals surface area contributed by atoms with Crippen molar-refractivity contribution in [3.8, 4) is 0 Å². The molecule has 0 spiro atoms. The van der Waals surface area contributed by atoms with Crippen molar-refractivity contribution in [3.05, 3.63) is 0 Å². The van der Waals surface area contributed by atoms with E-state index in [4.69, 9.17) is 0 Å². The first kappa shape index (κ1) is 15.3. The number of amides is 1. The van der Waals surface area contributed by atoms with E-state index in [-0.39, 0.29) is 29.4 Å². The number of hydrogen-bond acceptors (Lipinski definition) is 3. The van der Waals surface area contributed by atoms with Crippen molar-refractivity contribution >= 4 is 15.7 Å². The third-order valence-corrected chi connectivity index (χ3v) is 7.59. The van der Waals surface area contributed by atoms with Crippen LogP contribution in [-0.4, -0.2) is 31.9 Å². The monoisotopic (exact) mass is 313 g/mol. The van der Waals surface area contributed by atoms with E-state index in [0.717, 1.165) is 24.2 Å². The van der Waals surface area contributed by atoms with Crippen LogP contribution in [0.4, 0.5) is 0 Å². The Morgan fingerprint density at radius 2 is 1.86 bits per heavy atom. The summed E-state index contributed by atoms with van der Waals surface area (Å²) in [5, 5.41) is 3.03. The normalized spacial score (nSPS) is 38.0. The summed E-state index contributed by atoms with van der Waals surface area (Å²) in [4.78, 5) is 12.1. The van der Waals surface area contributed by atoms with Gasteiger partial charge in [-0.1, -0.05) is 20.3 Å². The van der Waals surface area contributed by atoms with E-state index < -0.39 is 9.84 Å². The summed E-state index contributed by atoms with van der Waals surface area (Å²) in [5.74, 6) is 2.62. The standard InChI is InChI=1S/C16H27NO3S/c1-10(2)8-21(19,20)9-16(18)17-15-7-11-6-14(15)13-5-3-4-12(11)13/h10-15H,3-9H2,1-2H3,(H,17,18)/t11-,12-,13-,14+,15-/m1/s1. The Morgan fingerprint density at radius 1 is 1.14 bits per heavy atom. The second kappa shape index (κ2) is 5.56. The van der Waals surface area contributed by atoms with Crippen LogP contribution in [0.5, 0.6) is 0 Å². The van der Waals surface area contributed by atoms with E-state index >= 15 is 0 Å². The lowest BCUT2D eigenvalue weighted by atomic mass is 9.79. The molecular weight excluding hydrogens is 286 g/mol. The molecule has 3 saturated carbocycles. The average molecular weight is 313 g/mol. The number of fused-ring (bicyclic) bond motifs is 5. The smallest absolute Gasteiger partial charge is 0.235 e. The third-order valence-electron chi connectivity index (χ3n) is 5.71. The quantitative estimate of drug-likeness (QED) is 0.844. The van der Waals surface area contributed by atoms with Gasteiger partial charge >= 0.3 is 0 Å². The lowest BCUT2D eigenvalue weighted by molar-refractivity contribution is -0.119. The van der Waals surface area contributed by atoms with Crippen molar-refractivity contribution in [2.75, 3.05) is 11.5 Å². The molecule has 0 aromatic heterocycles. The Labute approximate surface area is 128 Å². The fourth-order valence-corrected chi connectivity index (χ4v) is 6.87. The highest BCUT2D eigenvalue weighted by molar-refractivity contribution is 7.92. The largest absolute Gasteiger partial charge is 0.352 e. The van der Waals surface area contributed by atoms with Gasteiger partial charge in [0.15, 0.2) is 9.84 Å². The summed E-state index contributed by atoms with van der Waals surface area (Å²) < 4.78 is 23.8. The van der Waals surface area contributed by atoms with E-state index in [1.165, 1.54) is 25.7 Å². The Morgan fingerprint density at radius 3 is 2.57 bits per heavy atom. The summed E-state index contributed by atoms with van der Waals surface area (Å²) >= 11 is 0. The van der Waals surface area contributed by atoms with Crippen molar-refractivity contribution < 1.29 is 13.2 Å². The second-order valence-electron chi connectivity index (χ2n) is 7.78. The van der Waals surface area contributed by atoms with E-state index in [1.54, 1.807) is 0 Å². The highest BCUT2D eigenvalue weighted by atomic mass is 32.2. The fraction of sp³-hybridized carbons (Fsp3) is 0.938. The molecule has 0 unspecified atom stereocenters. The molecule has 3 aliphatic rings. The summed E-state index contributed by atoms with van der Waals surface area (Å²) in [6, 6.07) is 0.232. The van der Waals surface area contributed by atoms with Crippen LogP contribution in [0.15, 0.2) is 0 Å². The van der Waals surface area contributed by atoms with Crippen LogP contribution in [0.1, 0.15) is 46.0 Å². The number of nitrogens with one attached hydrogen (secondary N) is 1. The molecule has 120 valence electrons. The van der Waals surface area contributed by atoms with Gasteiger partial charge in [0.1, 0.15) is 5.75 Å². The predicted octanol–water partition coefficient (Wildman–Crippen LogP) is 2.00. The first-order valence-electron chi connectivity index (χ1n) is 8.35. The van der Waals surface area contributed by atoms with Crippen LogP contribution in [0, 0.1) is 29.6 Å². The highest BCUT2D eigenvalue weighted by Crippen LogP contribution is 2.58. The van der Waals surface area contributed by atoms with Gasteiger partial charge in [0.05, 0.1) is 5.75 Å². The first-order valence-corrected chi connectivity index (χ1v) is 10.2. The van der Waals surface area contributed by atoms with E-state index in [2.05, 4.69) is 5.32 Å². The van der Waals surface area contributed by atoms with Gasteiger partial charge < -0.3 is 5.32 Å². The van der Waals surface area contributed by atoms with Gasteiger partial charge in [-0.2, -0.15) is 0 Å². The van der Waals surface area contributed by atoms with Gasteiger partial charge in [-0.15, -0.1) is 0 Å². The molecule has 0 radical (unpaired) electrons. The minimum Gasteiger partial charge on any atom is -0.352 e. The van der Waals surface area contributed by atoms with Gasteiger partial charge in [-0.3, -0.25) is 4.79 Å².